The van der Waals surface area contributed by atoms with Gasteiger partial charge in [0.15, 0.2) is 23.8 Å². The van der Waals surface area contributed by atoms with Crippen LogP contribution < -0.4 is 5.82 Å². The number of thioether (sulfide) groups is 2. The minimum atomic E-state index is -1.33. The Bertz CT molecular complexity index is 972. The maximum atomic E-state index is 12.9. The summed E-state index contributed by atoms with van der Waals surface area (Å²) in [6.45, 7) is 4.49. The molecule has 0 aromatic carbocycles. The smallest absolute Gasteiger partial charge is 0.453 e. The number of hydrogen-bond acceptors (Lipinski definition) is 10. The van der Waals surface area contributed by atoms with Gasteiger partial charge in [-0.2, -0.15) is 0 Å². The zero-order chi connectivity index (χ0) is 21.8. The Morgan fingerprint density at radius 3 is 2.77 bits per heavy atom. The summed E-state index contributed by atoms with van der Waals surface area (Å²) in [6.07, 6.45) is -0.0185. The van der Waals surface area contributed by atoms with Crippen molar-refractivity contribution in [3.05, 3.63) is 32.1 Å². The molecule has 0 spiro atoms. The Kier molecular flexibility index (Phi) is 5.72. The predicted molar refractivity (Wildman–Crippen MR) is 110 cm³/mol. The van der Waals surface area contributed by atoms with E-state index in [-0.39, 0.29) is 35.0 Å². The van der Waals surface area contributed by atoms with Crippen molar-refractivity contribution in [1.29, 1.82) is 0 Å². The molecule has 4 unspecified atom stereocenters. The van der Waals surface area contributed by atoms with Crippen LogP contribution in [0.25, 0.3) is 0 Å². The van der Waals surface area contributed by atoms with E-state index in [1.165, 1.54) is 35.3 Å². The number of rotatable bonds is 6. The quantitative estimate of drug-likeness (QED) is 0.357. The summed E-state index contributed by atoms with van der Waals surface area (Å²) in [5.41, 5.74) is -0.839. The molecule has 0 saturated carbocycles. The molecular weight excluding hydrogens is 450 g/mol. The Balaban J connectivity index is 1.57. The average molecular weight is 473 g/mol. The zero-order valence-electron chi connectivity index (χ0n) is 16.7. The molecule has 2 fully saturated rings. The Labute approximate surface area is 182 Å². The van der Waals surface area contributed by atoms with Gasteiger partial charge < -0.3 is 23.5 Å². The van der Waals surface area contributed by atoms with Crippen LogP contribution in [0.5, 0.6) is 0 Å². The molecule has 1 amide bonds. The second-order valence-corrected chi connectivity index (χ2v) is 12.5. The maximum absolute atomic E-state index is 12.9. The standard InChI is InChI=1S/C18H22NO8S2Si/c1-8-11(27-17(23)26-8)6-25-13(21)12-14(28-10-4-5-30(24)7-10)29-16-18(3,9(2)20)15(22)19(12)16/h9-10,16,20,24H,4-7H2,1-3H3. The van der Waals surface area contributed by atoms with Crippen LogP contribution >= 0.6 is 23.5 Å². The van der Waals surface area contributed by atoms with Gasteiger partial charge in [0.25, 0.3) is 0 Å². The fourth-order valence-corrected chi connectivity index (χ4v) is 9.54. The summed E-state index contributed by atoms with van der Waals surface area (Å²) in [5.74, 6) is -1.58. The number of aryl methyl sites for hydroxylation is 1. The lowest BCUT2D eigenvalue weighted by Gasteiger charge is -2.52. The fourth-order valence-electron chi connectivity index (χ4n) is 3.73. The van der Waals surface area contributed by atoms with Crippen molar-refractivity contribution < 1.29 is 33.1 Å². The molecule has 4 rings (SSSR count). The first-order chi connectivity index (χ1) is 14.1. The van der Waals surface area contributed by atoms with Crippen LogP contribution in [0.3, 0.4) is 0 Å². The molecule has 1 radical (unpaired) electrons. The lowest BCUT2D eigenvalue weighted by molar-refractivity contribution is -0.171. The van der Waals surface area contributed by atoms with Crippen molar-refractivity contribution in [2.45, 2.75) is 62.6 Å². The third-order valence-electron chi connectivity index (χ3n) is 5.80. The van der Waals surface area contributed by atoms with E-state index in [4.69, 9.17) is 13.6 Å². The number of aliphatic hydroxyl groups is 1. The third kappa shape index (κ3) is 3.48. The number of carbonyl (C=O) groups excluding carboxylic acids is 2. The van der Waals surface area contributed by atoms with Gasteiger partial charge in [-0.1, -0.05) is 11.8 Å². The topological polar surface area (TPSA) is 130 Å². The number of aliphatic hydroxyl groups excluding tert-OH is 1. The number of fused-ring (bicyclic) bond motifs is 1. The molecule has 4 heterocycles. The second-order valence-electron chi connectivity index (χ2n) is 7.80. The number of nitrogens with zero attached hydrogens (tertiary/aromatic N) is 1. The van der Waals surface area contributed by atoms with Crippen LogP contribution in [0.15, 0.2) is 23.6 Å². The highest BCUT2D eigenvalue weighted by Crippen LogP contribution is 2.60. The Morgan fingerprint density at radius 2 is 2.20 bits per heavy atom. The molecule has 0 aliphatic carbocycles. The summed E-state index contributed by atoms with van der Waals surface area (Å²) in [4.78, 5) is 48.3. The van der Waals surface area contributed by atoms with Crippen LogP contribution in [0, 0.1) is 12.3 Å². The molecule has 1 aromatic rings. The van der Waals surface area contributed by atoms with Crippen LogP contribution in [-0.2, 0) is 20.9 Å². The van der Waals surface area contributed by atoms with E-state index in [1.807, 2.05) is 0 Å². The Morgan fingerprint density at radius 1 is 1.47 bits per heavy atom. The van der Waals surface area contributed by atoms with Crippen LogP contribution in [0.2, 0.25) is 12.1 Å². The first-order valence-corrected chi connectivity index (χ1v) is 13.1. The number of carbonyl (C=O) groups is 2. The first kappa shape index (κ1) is 21.7. The second kappa shape index (κ2) is 7.90. The molecule has 2 saturated heterocycles. The van der Waals surface area contributed by atoms with Gasteiger partial charge in [-0.15, -0.1) is 11.8 Å². The van der Waals surface area contributed by atoms with Crippen molar-refractivity contribution in [3.63, 3.8) is 0 Å². The van der Waals surface area contributed by atoms with Gasteiger partial charge in [0.1, 0.15) is 10.8 Å². The highest BCUT2D eigenvalue weighted by atomic mass is 32.2. The number of hydrogen-bond donors (Lipinski definition) is 2. The van der Waals surface area contributed by atoms with E-state index in [1.54, 1.807) is 13.8 Å². The van der Waals surface area contributed by atoms with E-state index in [9.17, 15) is 24.3 Å². The van der Waals surface area contributed by atoms with Gasteiger partial charge in [-0.05, 0) is 39.3 Å². The van der Waals surface area contributed by atoms with Crippen LogP contribution in [0.1, 0.15) is 31.8 Å². The van der Waals surface area contributed by atoms with Crippen LogP contribution in [-0.4, -0.2) is 52.4 Å². The minimum Gasteiger partial charge on any atom is -0.453 e. The lowest BCUT2D eigenvalue weighted by atomic mass is 9.75. The van der Waals surface area contributed by atoms with Crippen molar-refractivity contribution >= 4 is 44.4 Å². The van der Waals surface area contributed by atoms with Crippen molar-refractivity contribution in [2.24, 2.45) is 5.41 Å². The highest BCUT2D eigenvalue weighted by molar-refractivity contribution is 8.23. The molecule has 3 aliphatic heterocycles. The molecular formula is C18H22NO8S2Si. The van der Waals surface area contributed by atoms with Gasteiger partial charge in [-0.3, -0.25) is 9.69 Å². The van der Waals surface area contributed by atoms with Gasteiger partial charge in [0.05, 0.1) is 10.3 Å². The Hall–Kier alpha value is -1.47. The number of esters is 1. The molecule has 4 atom stereocenters. The van der Waals surface area contributed by atoms with E-state index < -0.39 is 37.7 Å². The number of ether oxygens (including phenoxy) is 1. The van der Waals surface area contributed by atoms with Crippen molar-refractivity contribution in [3.8, 4) is 0 Å². The molecule has 30 heavy (non-hydrogen) atoms. The molecule has 1 aromatic heterocycles. The average Bonchev–Trinajstić information content (AvgIpc) is 3.35. The molecule has 3 aliphatic rings. The highest BCUT2D eigenvalue weighted by Gasteiger charge is 2.66. The van der Waals surface area contributed by atoms with Gasteiger partial charge in [0.2, 0.25) is 14.9 Å². The summed E-state index contributed by atoms with van der Waals surface area (Å²) in [7, 11) is -1.33. The molecule has 12 heteroatoms. The lowest BCUT2D eigenvalue weighted by Crippen LogP contribution is -2.68. The molecule has 2 N–H and O–H groups in total. The minimum absolute atomic E-state index is 0.109. The SMILES string of the molecule is Cc1oc(=O)oc1COC(=O)C1=C(SC2CC[Si](O)C2)SC2N1C(=O)C2(C)C(C)O. The monoisotopic (exact) mass is 472 g/mol. The normalized spacial score (nSPS) is 29.9. The maximum Gasteiger partial charge on any atom is 0.519 e. The largest absolute Gasteiger partial charge is 0.519 e. The van der Waals surface area contributed by atoms with E-state index in [0.717, 1.165) is 12.5 Å². The number of amides is 1. The number of β-lactam (4-membered cyclic amide) rings is 1. The van der Waals surface area contributed by atoms with Gasteiger partial charge in [0, 0.05) is 5.25 Å². The summed E-state index contributed by atoms with van der Waals surface area (Å²) < 4.78 is 15.6. The zero-order valence-corrected chi connectivity index (χ0v) is 19.3. The van der Waals surface area contributed by atoms with E-state index in [0.29, 0.717) is 10.3 Å². The van der Waals surface area contributed by atoms with Crippen LogP contribution in [0.4, 0.5) is 0 Å². The fraction of sp³-hybridized carbons (Fsp3) is 0.611. The third-order valence-corrected chi connectivity index (χ3v) is 11.0. The van der Waals surface area contributed by atoms with E-state index >= 15 is 0 Å². The predicted octanol–water partition coefficient (Wildman–Crippen LogP) is 1.55. The van der Waals surface area contributed by atoms with E-state index in [2.05, 4.69) is 0 Å². The van der Waals surface area contributed by atoms with Crippen molar-refractivity contribution in [2.75, 3.05) is 0 Å². The summed E-state index contributed by atoms with van der Waals surface area (Å²) in [6, 6.07) is 1.52. The van der Waals surface area contributed by atoms with Crippen molar-refractivity contribution in [1.82, 2.24) is 4.90 Å². The van der Waals surface area contributed by atoms with Gasteiger partial charge >= 0.3 is 11.8 Å². The summed E-state index contributed by atoms with van der Waals surface area (Å²) >= 11 is 2.86. The molecule has 163 valence electrons. The van der Waals surface area contributed by atoms with Gasteiger partial charge in [-0.25, -0.2) is 9.59 Å². The molecule has 9 nitrogen and oxygen atoms in total. The first-order valence-electron chi connectivity index (χ1n) is 9.52. The summed E-state index contributed by atoms with van der Waals surface area (Å²) in [5, 5.41) is 9.96. The molecule has 0 bridgehead atoms.